The number of aromatic nitrogens is 2. The molecule has 3 N–H and O–H groups in total. The van der Waals surface area contributed by atoms with Crippen LogP contribution in [0.4, 0.5) is 11.4 Å². The van der Waals surface area contributed by atoms with Gasteiger partial charge in [-0.2, -0.15) is 0 Å². The SMILES string of the molecule is CCc1c(Cl)cccc1Nc1c(-c2ccncc2OC[C@@H](C)OC)[nH]c2c1C(=O)NCC21CC1. The van der Waals surface area contributed by atoms with Gasteiger partial charge in [-0.25, -0.2) is 0 Å². The number of anilines is 2. The zero-order chi connectivity index (χ0) is 23.9. The lowest BCUT2D eigenvalue weighted by Crippen LogP contribution is -2.39. The largest absolute Gasteiger partial charge is 0.489 e. The van der Waals surface area contributed by atoms with Gasteiger partial charge in [-0.1, -0.05) is 24.6 Å². The maximum atomic E-state index is 13.2. The van der Waals surface area contributed by atoms with Gasteiger partial charge in [0, 0.05) is 47.2 Å². The first kappa shape index (κ1) is 22.7. The number of methoxy groups -OCH3 is 1. The molecule has 8 heteroatoms. The van der Waals surface area contributed by atoms with E-state index in [2.05, 4.69) is 27.5 Å². The van der Waals surface area contributed by atoms with Crippen molar-refractivity contribution in [3.8, 4) is 17.0 Å². The summed E-state index contributed by atoms with van der Waals surface area (Å²) in [5, 5.41) is 7.36. The fourth-order valence-electron chi connectivity index (χ4n) is 4.60. The average molecular weight is 481 g/mol. The zero-order valence-corrected chi connectivity index (χ0v) is 20.4. The van der Waals surface area contributed by atoms with E-state index in [0.717, 1.165) is 53.2 Å². The van der Waals surface area contributed by atoms with Crippen molar-refractivity contribution in [3.63, 3.8) is 0 Å². The lowest BCUT2D eigenvalue weighted by molar-refractivity contribution is 0.0717. The summed E-state index contributed by atoms with van der Waals surface area (Å²) in [6.45, 7) is 5.05. The Balaban J connectivity index is 1.66. The van der Waals surface area contributed by atoms with Gasteiger partial charge in [-0.3, -0.25) is 9.78 Å². The van der Waals surface area contributed by atoms with Gasteiger partial charge in [0.15, 0.2) is 0 Å². The number of rotatable bonds is 8. The minimum atomic E-state index is -0.0814. The number of halogens is 1. The molecule has 3 aromatic rings. The predicted octanol–water partition coefficient (Wildman–Crippen LogP) is 5.22. The minimum absolute atomic E-state index is 0.0293. The third kappa shape index (κ3) is 3.93. The first-order chi connectivity index (χ1) is 16.5. The van der Waals surface area contributed by atoms with Crippen molar-refractivity contribution in [3.05, 3.63) is 58.5 Å². The summed E-state index contributed by atoms with van der Waals surface area (Å²) in [6.07, 6.45) is 6.21. The van der Waals surface area contributed by atoms with Gasteiger partial charge in [-0.05, 0) is 49.9 Å². The number of hydrogen-bond acceptors (Lipinski definition) is 5. The molecule has 1 fully saturated rings. The summed E-state index contributed by atoms with van der Waals surface area (Å²) in [4.78, 5) is 21.0. The van der Waals surface area contributed by atoms with E-state index in [4.69, 9.17) is 21.1 Å². The van der Waals surface area contributed by atoms with Crippen molar-refractivity contribution >= 4 is 28.9 Å². The summed E-state index contributed by atoms with van der Waals surface area (Å²) >= 11 is 6.50. The van der Waals surface area contributed by atoms with Crippen LogP contribution in [0.15, 0.2) is 36.7 Å². The van der Waals surface area contributed by atoms with E-state index in [0.29, 0.717) is 29.5 Å². The lowest BCUT2D eigenvalue weighted by atomic mass is 9.93. The predicted molar refractivity (Wildman–Crippen MR) is 133 cm³/mol. The molecule has 34 heavy (non-hydrogen) atoms. The third-order valence-corrected chi connectivity index (χ3v) is 7.21. The van der Waals surface area contributed by atoms with Crippen LogP contribution in [0.3, 0.4) is 0 Å². The molecule has 1 aliphatic heterocycles. The Hall–Kier alpha value is -3.03. The number of carbonyl (C=O) groups excluding carboxylic acids is 1. The molecule has 0 radical (unpaired) electrons. The molecule has 7 nitrogen and oxygen atoms in total. The number of hydrogen-bond donors (Lipinski definition) is 3. The number of nitrogens with zero attached hydrogens (tertiary/aromatic N) is 1. The van der Waals surface area contributed by atoms with Crippen LogP contribution in [0.25, 0.3) is 11.3 Å². The molecule has 1 atom stereocenters. The number of fused-ring (bicyclic) bond motifs is 2. The summed E-state index contributed by atoms with van der Waals surface area (Å²) in [7, 11) is 1.66. The topological polar surface area (TPSA) is 88.3 Å². The fraction of sp³-hybridized carbons (Fsp3) is 0.385. The van der Waals surface area contributed by atoms with E-state index in [1.807, 2.05) is 31.2 Å². The van der Waals surface area contributed by atoms with Gasteiger partial charge in [0.2, 0.25) is 0 Å². The van der Waals surface area contributed by atoms with Gasteiger partial charge in [0.05, 0.1) is 29.2 Å². The zero-order valence-electron chi connectivity index (χ0n) is 19.6. The van der Waals surface area contributed by atoms with Crippen molar-refractivity contribution in [2.75, 3.05) is 25.6 Å². The molecule has 3 heterocycles. The number of pyridine rings is 1. The van der Waals surface area contributed by atoms with Gasteiger partial charge < -0.3 is 25.1 Å². The number of aromatic amines is 1. The van der Waals surface area contributed by atoms with Crippen molar-refractivity contribution in [2.24, 2.45) is 0 Å². The first-order valence-corrected chi connectivity index (χ1v) is 12.0. The molecular weight excluding hydrogens is 452 g/mol. The molecule has 1 aromatic carbocycles. The van der Waals surface area contributed by atoms with Crippen molar-refractivity contribution in [1.82, 2.24) is 15.3 Å². The highest BCUT2D eigenvalue weighted by molar-refractivity contribution is 6.31. The van der Waals surface area contributed by atoms with Crippen LogP contribution in [0.5, 0.6) is 5.75 Å². The second kappa shape index (κ2) is 8.96. The maximum Gasteiger partial charge on any atom is 0.255 e. The molecule has 0 bridgehead atoms. The number of carbonyl (C=O) groups is 1. The van der Waals surface area contributed by atoms with Crippen molar-refractivity contribution in [2.45, 2.75) is 44.6 Å². The molecule has 2 aromatic heterocycles. The lowest BCUT2D eigenvalue weighted by Gasteiger charge is -2.23. The highest BCUT2D eigenvalue weighted by Gasteiger charge is 2.51. The monoisotopic (exact) mass is 480 g/mol. The van der Waals surface area contributed by atoms with Crippen LogP contribution < -0.4 is 15.4 Å². The van der Waals surface area contributed by atoms with Crippen LogP contribution in [0, 0.1) is 0 Å². The Morgan fingerprint density at radius 3 is 2.85 bits per heavy atom. The van der Waals surface area contributed by atoms with Gasteiger partial charge >= 0.3 is 0 Å². The molecule has 1 saturated carbocycles. The Kier molecular flexibility index (Phi) is 6.00. The van der Waals surface area contributed by atoms with Crippen LogP contribution in [0.2, 0.25) is 5.02 Å². The molecule has 1 spiro atoms. The van der Waals surface area contributed by atoms with Crippen LogP contribution >= 0.6 is 11.6 Å². The smallest absolute Gasteiger partial charge is 0.255 e. The average Bonchev–Trinajstić information content (AvgIpc) is 3.53. The molecule has 1 aliphatic carbocycles. The van der Waals surface area contributed by atoms with Crippen LogP contribution in [-0.2, 0) is 16.6 Å². The van der Waals surface area contributed by atoms with Crippen LogP contribution in [-0.4, -0.2) is 42.2 Å². The van der Waals surface area contributed by atoms with E-state index < -0.39 is 0 Å². The second-order valence-corrected chi connectivity index (χ2v) is 9.47. The van der Waals surface area contributed by atoms with Crippen molar-refractivity contribution < 1.29 is 14.3 Å². The Morgan fingerprint density at radius 2 is 2.12 bits per heavy atom. The first-order valence-electron chi connectivity index (χ1n) is 11.7. The van der Waals surface area contributed by atoms with E-state index in [-0.39, 0.29) is 17.4 Å². The highest BCUT2D eigenvalue weighted by Crippen LogP contribution is 2.54. The molecule has 178 valence electrons. The van der Waals surface area contributed by atoms with Crippen molar-refractivity contribution in [1.29, 1.82) is 0 Å². The van der Waals surface area contributed by atoms with E-state index in [9.17, 15) is 4.79 Å². The second-order valence-electron chi connectivity index (χ2n) is 9.06. The molecule has 0 unspecified atom stereocenters. The van der Waals surface area contributed by atoms with Gasteiger partial charge in [0.25, 0.3) is 5.91 Å². The maximum absolute atomic E-state index is 13.2. The highest BCUT2D eigenvalue weighted by atomic mass is 35.5. The molecular formula is C26H29ClN4O3. The number of nitrogens with one attached hydrogen (secondary N) is 3. The quantitative estimate of drug-likeness (QED) is 0.411. The Morgan fingerprint density at radius 1 is 1.29 bits per heavy atom. The summed E-state index contributed by atoms with van der Waals surface area (Å²) in [6, 6.07) is 7.70. The molecule has 0 saturated heterocycles. The normalized spacial score (nSPS) is 16.6. The number of benzene rings is 1. The van der Waals surface area contributed by atoms with Gasteiger partial charge in [0.1, 0.15) is 12.4 Å². The number of H-pyrrole nitrogens is 1. The Labute approximate surface area is 204 Å². The fourth-order valence-corrected chi connectivity index (χ4v) is 4.91. The van der Waals surface area contributed by atoms with E-state index >= 15 is 0 Å². The Bertz CT molecular complexity index is 1230. The number of ether oxygens (including phenoxy) is 2. The summed E-state index contributed by atoms with van der Waals surface area (Å²) in [5.41, 5.74) is 5.87. The number of amides is 1. The standard InChI is InChI=1S/C26H29ClN4O3/c1-4-16-18(27)6-5-7-19(16)30-23-21-24(26(9-10-26)14-29-25(21)32)31-22(23)17-8-11-28-12-20(17)34-13-15(2)33-3/h5-8,11-12,15,30-31H,4,9-10,13-14H2,1-3H3,(H,29,32)/t15-/m1/s1. The molecule has 2 aliphatic rings. The summed E-state index contributed by atoms with van der Waals surface area (Å²) < 4.78 is 11.4. The van der Waals surface area contributed by atoms with Crippen LogP contribution in [0.1, 0.15) is 48.3 Å². The summed E-state index contributed by atoms with van der Waals surface area (Å²) in [5.74, 6) is 0.544. The molecule has 5 rings (SSSR count). The third-order valence-electron chi connectivity index (χ3n) is 6.86. The minimum Gasteiger partial charge on any atom is -0.489 e. The van der Waals surface area contributed by atoms with Gasteiger partial charge in [-0.15, -0.1) is 0 Å². The van der Waals surface area contributed by atoms with E-state index in [1.165, 1.54) is 0 Å². The molecule has 1 amide bonds. The van der Waals surface area contributed by atoms with E-state index in [1.54, 1.807) is 19.5 Å².